The Labute approximate surface area is 187 Å². The summed E-state index contributed by atoms with van der Waals surface area (Å²) in [5.74, 6) is 1.86. The normalized spacial score (nSPS) is 13.9. The maximum absolute atomic E-state index is 8.98. The van der Waals surface area contributed by atoms with E-state index in [1.807, 2.05) is 12.1 Å². The van der Waals surface area contributed by atoms with E-state index in [1.165, 1.54) is 11.1 Å². The topological polar surface area (TPSA) is 68.9 Å². The molecule has 0 amide bonds. The van der Waals surface area contributed by atoms with Gasteiger partial charge < -0.3 is 9.80 Å². The van der Waals surface area contributed by atoms with Gasteiger partial charge in [-0.05, 0) is 24.6 Å². The number of nitriles is 1. The van der Waals surface area contributed by atoms with Crippen molar-refractivity contribution in [1.29, 1.82) is 5.26 Å². The van der Waals surface area contributed by atoms with Crippen molar-refractivity contribution in [2.75, 3.05) is 36.0 Å². The summed E-state index contributed by atoms with van der Waals surface area (Å²) in [6.45, 7) is 5.49. The Kier molecular flexibility index (Phi) is 5.39. The zero-order valence-electron chi connectivity index (χ0n) is 18.1. The van der Waals surface area contributed by atoms with Gasteiger partial charge in [0.15, 0.2) is 5.82 Å². The molecule has 1 saturated heterocycles. The van der Waals surface area contributed by atoms with Gasteiger partial charge in [0.05, 0.1) is 11.3 Å². The smallest absolute Gasteiger partial charge is 0.159 e. The Hall–Kier alpha value is -3.98. The molecule has 0 radical (unpaired) electrons. The van der Waals surface area contributed by atoms with Gasteiger partial charge in [0.1, 0.15) is 11.9 Å². The Balaban J connectivity index is 1.37. The van der Waals surface area contributed by atoms with Gasteiger partial charge in [-0.15, -0.1) is 5.10 Å². The molecule has 1 aliphatic heterocycles. The van der Waals surface area contributed by atoms with Crippen LogP contribution in [0.3, 0.4) is 0 Å². The number of aryl methyl sites for hydroxylation is 1. The van der Waals surface area contributed by atoms with Crippen molar-refractivity contribution in [3.63, 3.8) is 0 Å². The van der Waals surface area contributed by atoms with Gasteiger partial charge in [0.2, 0.25) is 0 Å². The molecule has 6 nitrogen and oxygen atoms in total. The number of hydrogen-bond acceptors (Lipinski definition) is 6. The zero-order chi connectivity index (χ0) is 21.9. The number of nitrogens with zero attached hydrogens (tertiary/aromatic N) is 6. The number of aromatic nitrogens is 3. The summed E-state index contributed by atoms with van der Waals surface area (Å²) < 4.78 is 0. The van der Waals surface area contributed by atoms with Gasteiger partial charge in [-0.25, -0.2) is 4.98 Å². The minimum atomic E-state index is 0.583. The third-order valence-electron chi connectivity index (χ3n) is 6.02. The molecule has 0 bridgehead atoms. The van der Waals surface area contributed by atoms with Crippen LogP contribution in [0.5, 0.6) is 0 Å². The zero-order valence-corrected chi connectivity index (χ0v) is 18.1. The standard InChI is InChI=1S/C26H24N6/c1-19-6-8-20(9-7-19)16-24-22-4-2-3-5-23(22)26(30-29-24)32-14-12-31(13-15-32)25-11-10-21(17-27)18-28-25/h2-11,18H,12-16H2,1H3. The minimum Gasteiger partial charge on any atom is -0.353 e. The predicted octanol–water partition coefficient (Wildman–Crippen LogP) is 4.12. The molecule has 0 atom stereocenters. The van der Waals surface area contributed by atoms with Crippen molar-refractivity contribution in [3.05, 3.63) is 89.2 Å². The summed E-state index contributed by atoms with van der Waals surface area (Å²) in [5.41, 5.74) is 4.09. The monoisotopic (exact) mass is 420 g/mol. The molecular weight excluding hydrogens is 396 g/mol. The maximum atomic E-state index is 8.98. The Morgan fingerprint density at radius 1 is 0.844 bits per heavy atom. The molecule has 158 valence electrons. The van der Waals surface area contributed by atoms with Gasteiger partial charge in [-0.1, -0.05) is 54.1 Å². The molecule has 32 heavy (non-hydrogen) atoms. The van der Waals surface area contributed by atoms with Crippen LogP contribution in [-0.4, -0.2) is 41.4 Å². The Morgan fingerprint density at radius 2 is 1.56 bits per heavy atom. The average Bonchev–Trinajstić information content (AvgIpc) is 2.86. The molecule has 0 unspecified atom stereocenters. The highest BCUT2D eigenvalue weighted by atomic mass is 15.3. The Morgan fingerprint density at radius 3 is 2.25 bits per heavy atom. The first-order chi connectivity index (χ1) is 15.7. The Bertz CT molecular complexity index is 1270. The lowest BCUT2D eigenvalue weighted by molar-refractivity contribution is 0.639. The van der Waals surface area contributed by atoms with E-state index in [2.05, 4.69) is 86.5 Å². The van der Waals surface area contributed by atoms with Crippen LogP contribution in [0.4, 0.5) is 11.6 Å². The third-order valence-corrected chi connectivity index (χ3v) is 6.02. The average molecular weight is 421 g/mol. The molecule has 6 heteroatoms. The maximum Gasteiger partial charge on any atom is 0.159 e. The van der Waals surface area contributed by atoms with Crippen molar-refractivity contribution >= 4 is 22.4 Å². The van der Waals surface area contributed by atoms with E-state index in [0.29, 0.717) is 5.56 Å². The van der Waals surface area contributed by atoms with Crippen LogP contribution < -0.4 is 9.80 Å². The molecule has 1 fully saturated rings. The molecule has 0 spiro atoms. The van der Waals surface area contributed by atoms with E-state index in [4.69, 9.17) is 5.26 Å². The lowest BCUT2D eigenvalue weighted by Gasteiger charge is -2.36. The van der Waals surface area contributed by atoms with Crippen molar-refractivity contribution in [3.8, 4) is 6.07 Å². The lowest BCUT2D eigenvalue weighted by Crippen LogP contribution is -2.47. The quantitative estimate of drug-likeness (QED) is 0.495. The first kappa shape index (κ1) is 20.0. The lowest BCUT2D eigenvalue weighted by atomic mass is 10.0. The number of piperazine rings is 1. The fourth-order valence-electron chi connectivity index (χ4n) is 4.20. The van der Waals surface area contributed by atoms with Gasteiger partial charge in [-0.2, -0.15) is 10.4 Å². The number of pyridine rings is 1. The second-order valence-electron chi connectivity index (χ2n) is 8.17. The predicted molar refractivity (Wildman–Crippen MR) is 127 cm³/mol. The second-order valence-corrected chi connectivity index (χ2v) is 8.17. The van der Waals surface area contributed by atoms with Crippen molar-refractivity contribution in [2.24, 2.45) is 0 Å². The van der Waals surface area contributed by atoms with Crippen LogP contribution in [-0.2, 0) is 6.42 Å². The number of benzene rings is 2. The molecule has 0 saturated carbocycles. The molecule has 2 aromatic carbocycles. The van der Waals surface area contributed by atoms with E-state index >= 15 is 0 Å². The first-order valence-corrected chi connectivity index (χ1v) is 10.9. The van der Waals surface area contributed by atoms with Crippen molar-refractivity contribution in [2.45, 2.75) is 13.3 Å². The highest BCUT2D eigenvalue weighted by Crippen LogP contribution is 2.28. The van der Waals surface area contributed by atoms with E-state index in [1.54, 1.807) is 6.20 Å². The van der Waals surface area contributed by atoms with Crippen LogP contribution in [0.15, 0.2) is 66.9 Å². The second kappa shape index (κ2) is 8.64. The summed E-state index contributed by atoms with van der Waals surface area (Å²) in [4.78, 5) is 8.99. The summed E-state index contributed by atoms with van der Waals surface area (Å²) in [7, 11) is 0. The first-order valence-electron chi connectivity index (χ1n) is 10.9. The number of fused-ring (bicyclic) bond motifs is 1. The van der Waals surface area contributed by atoms with Gasteiger partial charge in [0, 0.05) is 49.6 Å². The largest absolute Gasteiger partial charge is 0.353 e. The van der Waals surface area contributed by atoms with Crippen molar-refractivity contribution < 1.29 is 0 Å². The molecule has 5 rings (SSSR count). The summed E-state index contributed by atoms with van der Waals surface area (Å²) >= 11 is 0. The third kappa shape index (κ3) is 3.97. The van der Waals surface area contributed by atoms with Crippen LogP contribution in [0, 0.1) is 18.3 Å². The van der Waals surface area contributed by atoms with Gasteiger partial charge in [-0.3, -0.25) is 0 Å². The molecule has 2 aromatic heterocycles. The molecule has 3 heterocycles. The van der Waals surface area contributed by atoms with E-state index in [9.17, 15) is 0 Å². The molecule has 1 aliphatic rings. The summed E-state index contributed by atoms with van der Waals surface area (Å²) in [6, 6.07) is 22.9. The van der Waals surface area contributed by atoms with E-state index < -0.39 is 0 Å². The van der Waals surface area contributed by atoms with Crippen LogP contribution >= 0.6 is 0 Å². The fraction of sp³-hybridized carbons (Fsp3) is 0.231. The van der Waals surface area contributed by atoms with E-state index in [-0.39, 0.29) is 0 Å². The SMILES string of the molecule is Cc1ccc(Cc2nnc(N3CCN(c4ccc(C#N)cn4)CC3)c3ccccc23)cc1. The highest BCUT2D eigenvalue weighted by Gasteiger charge is 2.22. The molecule has 0 aliphatic carbocycles. The summed E-state index contributed by atoms with van der Waals surface area (Å²) in [6.07, 6.45) is 2.40. The van der Waals surface area contributed by atoms with Crippen molar-refractivity contribution in [1.82, 2.24) is 15.2 Å². The fourth-order valence-corrected chi connectivity index (χ4v) is 4.20. The van der Waals surface area contributed by atoms with Gasteiger partial charge >= 0.3 is 0 Å². The number of rotatable bonds is 4. The number of anilines is 2. The van der Waals surface area contributed by atoms with Crippen LogP contribution in [0.1, 0.15) is 22.4 Å². The van der Waals surface area contributed by atoms with Crippen LogP contribution in [0.2, 0.25) is 0 Å². The number of hydrogen-bond donors (Lipinski definition) is 0. The van der Waals surface area contributed by atoms with E-state index in [0.717, 1.165) is 60.7 Å². The van der Waals surface area contributed by atoms with Gasteiger partial charge in [0.25, 0.3) is 0 Å². The van der Waals surface area contributed by atoms with Crippen LogP contribution in [0.25, 0.3) is 10.8 Å². The molecular formula is C26H24N6. The molecule has 4 aromatic rings. The highest BCUT2D eigenvalue weighted by molar-refractivity contribution is 5.93. The minimum absolute atomic E-state index is 0.583. The summed E-state index contributed by atoms with van der Waals surface area (Å²) in [5, 5.41) is 20.6. The molecule has 0 N–H and O–H groups in total.